The third-order valence-corrected chi connectivity index (χ3v) is 3.97. The minimum absolute atomic E-state index is 0.102. The van der Waals surface area contributed by atoms with Crippen molar-refractivity contribution >= 4 is 11.9 Å². The standard InChI is InChI=1S/C19H20O6/c1-3-24-18-14(10-20)12(5-7-16(18)22)9-13-6-8-17(23)19(25-4-2)15(13)11-21/h5-8,12-13,22-23H,3-4,9H2,1-2H3. The lowest BCUT2D eigenvalue weighted by Gasteiger charge is -2.26. The largest absolute Gasteiger partial charge is 0.504 e. The number of hydrogen-bond donors (Lipinski definition) is 2. The summed E-state index contributed by atoms with van der Waals surface area (Å²) in [6.07, 6.45) is 6.59. The van der Waals surface area contributed by atoms with Gasteiger partial charge in [0.2, 0.25) is 0 Å². The molecule has 0 aliphatic heterocycles. The SMILES string of the molecule is CCOC1=C(O)C=CC(CC2C=CC(O)=C(OCC)C2=C=O)C1=C=O. The number of ether oxygens (including phenoxy) is 2. The van der Waals surface area contributed by atoms with E-state index < -0.39 is 11.8 Å². The molecule has 2 rings (SSSR count). The maximum Gasteiger partial charge on any atom is 0.175 e. The Morgan fingerprint density at radius 3 is 1.60 bits per heavy atom. The zero-order chi connectivity index (χ0) is 18.4. The molecule has 0 aromatic heterocycles. The van der Waals surface area contributed by atoms with E-state index in [9.17, 15) is 19.8 Å². The predicted octanol–water partition coefficient (Wildman–Crippen LogP) is 2.88. The zero-order valence-corrected chi connectivity index (χ0v) is 14.1. The van der Waals surface area contributed by atoms with Gasteiger partial charge in [-0.15, -0.1) is 0 Å². The first-order chi connectivity index (χ1) is 12.1. The highest BCUT2D eigenvalue weighted by atomic mass is 16.5. The van der Waals surface area contributed by atoms with Crippen molar-refractivity contribution in [3.05, 3.63) is 58.5 Å². The van der Waals surface area contributed by atoms with Crippen LogP contribution in [0.3, 0.4) is 0 Å². The Kier molecular flexibility index (Phi) is 6.07. The van der Waals surface area contributed by atoms with Crippen molar-refractivity contribution in [2.24, 2.45) is 11.8 Å². The first-order valence-electron chi connectivity index (χ1n) is 8.06. The molecular formula is C19H20O6. The lowest BCUT2D eigenvalue weighted by molar-refractivity contribution is 0.206. The molecule has 0 aromatic carbocycles. The monoisotopic (exact) mass is 344 g/mol. The molecule has 0 saturated heterocycles. The van der Waals surface area contributed by atoms with E-state index in [0.29, 0.717) is 19.6 Å². The maximum absolute atomic E-state index is 11.4. The van der Waals surface area contributed by atoms with Gasteiger partial charge in [0.1, 0.15) is 11.9 Å². The fourth-order valence-corrected chi connectivity index (χ4v) is 2.87. The van der Waals surface area contributed by atoms with E-state index in [0.717, 1.165) is 0 Å². The number of rotatable bonds is 6. The van der Waals surface area contributed by atoms with Crippen LogP contribution < -0.4 is 0 Å². The number of carbonyl (C=O) groups excluding carboxylic acids is 2. The third-order valence-electron chi connectivity index (χ3n) is 3.97. The molecule has 2 unspecified atom stereocenters. The summed E-state index contributed by atoms with van der Waals surface area (Å²) in [6, 6.07) is 0. The van der Waals surface area contributed by atoms with Gasteiger partial charge in [0.05, 0.1) is 24.4 Å². The molecule has 2 aliphatic carbocycles. The van der Waals surface area contributed by atoms with Crippen molar-refractivity contribution in [2.45, 2.75) is 20.3 Å². The van der Waals surface area contributed by atoms with E-state index in [-0.39, 0.29) is 34.2 Å². The smallest absolute Gasteiger partial charge is 0.175 e. The van der Waals surface area contributed by atoms with Crippen molar-refractivity contribution in [2.75, 3.05) is 13.2 Å². The Bertz CT molecular complexity index is 691. The fraction of sp³-hybridized carbons (Fsp3) is 0.368. The van der Waals surface area contributed by atoms with E-state index in [2.05, 4.69) is 0 Å². The van der Waals surface area contributed by atoms with Gasteiger partial charge in [0.25, 0.3) is 0 Å². The summed E-state index contributed by atoms with van der Waals surface area (Å²) < 4.78 is 10.7. The highest BCUT2D eigenvalue weighted by molar-refractivity contribution is 5.66. The van der Waals surface area contributed by atoms with Crippen molar-refractivity contribution in [1.82, 2.24) is 0 Å². The summed E-state index contributed by atoms with van der Waals surface area (Å²) in [4.78, 5) is 22.8. The van der Waals surface area contributed by atoms with Crippen LogP contribution in [0.25, 0.3) is 0 Å². The van der Waals surface area contributed by atoms with E-state index in [1.54, 1.807) is 26.0 Å². The van der Waals surface area contributed by atoms with Crippen LogP contribution in [0.5, 0.6) is 0 Å². The van der Waals surface area contributed by atoms with Crippen LogP contribution in [0.4, 0.5) is 0 Å². The second kappa shape index (κ2) is 8.25. The molecule has 0 saturated carbocycles. The molecule has 0 spiro atoms. The average Bonchev–Trinajstić information content (AvgIpc) is 2.61. The van der Waals surface area contributed by atoms with Gasteiger partial charge in [0.15, 0.2) is 23.0 Å². The Hall–Kier alpha value is -2.94. The number of allylic oxidation sites excluding steroid dienone is 6. The lowest BCUT2D eigenvalue weighted by atomic mass is 9.80. The van der Waals surface area contributed by atoms with Crippen LogP contribution in [0.1, 0.15) is 20.3 Å². The van der Waals surface area contributed by atoms with Crippen LogP contribution >= 0.6 is 0 Å². The molecule has 0 radical (unpaired) electrons. The van der Waals surface area contributed by atoms with Crippen LogP contribution in [-0.4, -0.2) is 35.3 Å². The van der Waals surface area contributed by atoms with Gasteiger partial charge in [-0.3, -0.25) is 0 Å². The van der Waals surface area contributed by atoms with E-state index >= 15 is 0 Å². The van der Waals surface area contributed by atoms with Gasteiger partial charge in [-0.05, 0) is 32.4 Å². The molecule has 6 heteroatoms. The molecule has 0 heterocycles. The molecule has 0 aromatic rings. The predicted molar refractivity (Wildman–Crippen MR) is 90.9 cm³/mol. The topological polar surface area (TPSA) is 93.1 Å². The van der Waals surface area contributed by atoms with Crippen LogP contribution in [0.2, 0.25) is 0 Å². The molecule has 2 N–H and O–H groups in total. The summed E-state index contributed by atoms with van der Waals surface area (Å²) in [5.41, 5.74) is 0.384. The minimum Gasteiger partial charge on any atom is -0.504 e. The highest BCUT2D eigenvalue weighted by Crippen LogP contribution is 2.37. The zero-order valence-electron chi connectivity index (χ0n) is 14.1. The quantitative estimate of drug-likeness (QED) is 0.720. The van der Waals surface area contributed by atoms with Gasteiger partial charge < -0.3 is 19.7 Å². The minimum atomic E-state index is -0.406. The summed E-state index contributed by atoms with van der Waals surface area (Å²) in [7, 11) is 0. The molecule has 0 fully saturated rings. The molecule has 2 atom stereocenters. The average molecular weight is 344 g/mol. The van der Waals surface area contributed by atoms with Crippen molar-refractivity contribution in [3.8, 4) is 0 Å². The van der Waals surface area contributed by atoms with E-state index in [4.69, 9.17) is 9.47 Å². The van der Waals surface area contributed by atoms with Crippen molar-refractivity contribution in [1.29, 1.82) is 0 Å². The molecule has 0 amide bonds. The number of aliphatic hydroxyl groups is 2. The molecular weight excluding hydrogens is 324 g/mol. The Morgan fingerprint density at radius 2 is 1.28 bits per heavy atom. The van der Waals surface area contributed by atoms with Crippen LogP contribution in [-0.2, 0) is 19.1 Å². The van der Waals surface area contributed by atoms with E-state index in [1.807, 2.05) is 11.9 Å². The Balaban J connectivity index is 2.28. The van der Waals surface area contributed by atoms with Crippen molar-refractivity contribution < 1.29 is 29.3 Å². The molecule has 0 bridgehead atoms. The van der Waals surface area contributed by atoms with Gasteiger partial charge in [0, 0.05) is 11.8 Å². The van der Waals surface area contributed by atoms with Gasteiger partial charge in [-0.2, -0.15) is 0 Å². The second-order valence-corrected chi connectivity index (χ2v) is 5.49. The number of aliphatic hydroxyl groups excluding tert-OH is 2. The molecule has 25 heavy (non-hydrogen) atoms. The second-order valence-electron chi connectivity index (χ2n) is 5.49. The van der Waals surface area contributed by atoms with Gasteiger partial charge in [-0.1, -0.05) is 12.2 Å². The summed E-state index contributed by atoms with van der Waals surface area (Å²) in [5.74, 6) is 2.80. The summed E-state index contributed by atoms with van der Waals surface area (Å²) in [6.45, 7) is 4.07. The highest BCUT2D eigenvalue weighted by Gasteiger charge is 2.32. The number of hydrogen-bond acceptors (Lipinski definition) is 6. The van der Waals surface area contributed by atoms with Gasteiger partial charge >= 0.3 is 0 Å². The Morgan fingerprint density at radius 1 is 0.880 bits per heavy atom. The molecule has 132 valence electrons. The summed E-state index contributed by atoms with van der Waals surface area (Å²) in [5, 5.41) is 19.8. The maximum atomic E-state index is 11.4. The first-order valence-corrected chi connectivity index (χ1v) is 8.06. The summed E-state index contributed by atoms with van der Waals surface area (Å²) >= 11 is 0. The van der Waals surface area contributed by atoms with Crippen molar-refractivity contribution in [3.63, 3.8) is 0 Å². The van der Waals surface area contributed by atoms with Crippen LogP contribution in [0, 0.1) is 11.8 Å². The third kappa shape index (κ3) is 3.77. The lowest BCUT2D eigenvalue weighted by Crippen LogP contribution is -2.20. The fourth-order valence-electron chi connectivity index (χ4n) is 2.87. The van der Waals surface area contributed by atoms with Gasteiger partial charge in [-0.25, -0.2) is 9.59 Å². The Labute approximate surface area is 145 Å². The molecule has 2 aliphatic rings. The van der Waals surface area contributed by atoms with Crippen LogP contribution in [0.15, 0.2) is 58.5 Å². The molecule has 6 nitrogen and oxygen atoms in total. The van der Waals surface area contributed by atoms with E-state index in [1.165, 1.54) is 12.2 Å². The first kappa shape index (κ1) is 18.4. The normalized spacial score (nSPS) is 22.8.